The van der Waals surface area contributed by atoms with E-state index < -0.39 is 0 Å². The van der Waals surface area contributed by atoms with Crippen LogP contribution in [-0.2, 0) is 19.4 Å². The standard InChI is InChI=1S/C14H13BrClNO2/c15-9-5-6-14(11(16)7-9)18-8-12-10-3-1-2-4-13(10)19-17-12/h5-7H,1-4,8H2. The van der Waals surface area contributed by atoms with Gasteiger partial charge in [-0.1, -0.05) is 32.7 Å². The van der Waals surface area contributed by atoms with E-state index in [-0.39, 0.29) is 0 Å². The number of ether oxygens (including phenoxy) is 1. The molecule has 0 saturated carbocycles. The first-order valence-electron chi connectivity index (χ1n) is 6.28. The molecule has 2 aromatic rings. The first kappa shape index (κ1) is 13.0. The van der Waals surface area contributed by atoms with Crippen LogP contribution in [0.25, 0.3) is 0 Å². The monoisotopic (exact) mass is 341 g/mol. The molecule has 1 aliphatic carbocycles. The molecule has 0 N–H and O–H groups in total. The number of halogens is 2. The quantitative estimate of drug-likeness (QED) is 0.821. The predicted octanol–water partition coefficient (Wildman–Crippen LogP) is 4.55. The second kappa shape index (κ2) is 5.55. The van der Waals surface area contributed by atoms with E-state index in [0.717, 1.165) is 28.8 Å². The summed E-state index contributed by atoms with van der Waals surface area (Å²) in [5, 5.41) is 4.70. The molecule has 1 heterocycles. The average Bonchev–Trinajstić information content (AvgIpc) is 2.81. The van der Waals surface area contributed by atoms with Crippen molar-refractivity contribution < 1.29 is 9.26 Å². The molecule has 0 amide bonds. The molecule has 0 radical (unpaired) electrons. The van der Waals surface area contributed by atoms with Gasteiger partial charge in [-0.3, -0.25) is 0 Å². The minimum atomic E-state index is 0.403. The van der Waals surface area contributed by atoms with Gasteiger partial charge in [0.2, 0.25) is 0 Å². The molecule has 0 unspecified atom stereocenters. The van der Waals surface area contributed by atoms with Gasteiger partial charge in [0.05, 0.1) is 5.02 Å². The zero-order valence-corrected chi connectivity index (χ0v) is 12.6. The van der Waals surface area contributed by atoms with Crippen molar-refractivity contribution in [2.24, 2.45) is 0 Å². The van der Waals surface area contributed by atoms with Gasteiger partial charge in [0, 0.05) is 16.5 Å². The van der Waals surface area contributed by atoms with Gasteiger partial charge in [0.15, 0.2) is 0 Å². The molecular formula is C14H13BrClNO2. The number of nitrogens with zero attached hydrogens (tertiary/aromatic N) is 1. The molecule has 0 spiro atoms. The van der Waals surface area contributed by atoms with Gasteiger partial charge >= 0.3 is 0 Å². The van der Waals surface area contributed by atoms with Crippen LogP contribution < -0.4 is 4.74 Å². The van der Waals surface area contributed by atoms with E-state index >= 15 is 0 Å². The first-order valence-corrected chi connectivity index (χ1v) is 7.45. The molecule has 0 saturated heterocycles. The number of aromatic nitrogens is 1. The number of benzene rings is 1. The normalized spacial score (nSPS) is 14.2. The molecule has 100 valence electrons. The Morgan fingerprint density at radius 1 is 1.32 bits per heavy atom. The summed E-state index contributed by atoms with van der Waals surface area (Å²) in [6, 6.07) is 5.56. The van der Waals surface area contributed by atoms with Crippen LogP contribution in [0.15, 0.2) is 27.2 Å². The molecule has 3 rings (SSSR count). The minimum Gasteiger partial charge on any atom is -0.486 e. The van der Waals surface area contributed by atoms with Gasteiger partial charge < -0.3 is 9.26 Å². The lowest BCUT2D eigenvalue weighted by Gasteiger charge is -2.10. The molecule has 3 nitrogen and oxygen atoms in total. The van der Waals surface area contributed by atoms with Crippen LogP contribution >= 0.6 is 27.5 Å². The zero-order valence-electron chi connectivity index (χ0n) is 10.3. The SMILES string of the molecule is Clc1cc(Br)ccc1OCc1noc2c1CCCC2. The van der Waals surface area contributed by atoms with Crippen molar-refractivity contribution in [3.63, 3.8) is 0 Å². The fourth-order valence-electron chi connectivity index (χ4n) is 2.30. The van der Waals surface area contributed by atoms with Gasteiger partial charge in [-0.15, -0.1) is 0 Å². The average molecular weight is 343 g/mol. The molecule has 0 fully saturated rings. The van der Waals surface area contributed by atoms with Gasteiger partial charge in [-0.25, -0.2) is 0 Å². The van der Waals surface area contributed by atoms with Crippen LogP contribution in [0.3, 0.4) is 0 Å². The zero-order chi connectivity index (χ0) is 13.2. The highest BCUT2D eigenvalue weighted by Gasteiger charge is 2.19. The Morgan fingerprint density at radius 3 is 3.00 bits per heavy atom. The lowest BCUT2D eigenvalue weighted by atomic mass is 9.97. The first-order chi connectivity index (χ1) is 9.24. The van der Waals surface area contributed by atoms with E-state index in [1.165, 1.54) is 18.4 Å². The Hall–Kier alpha value is -1.00. The maximum Gasteiger partial charge on any atom is 0.140 e. The van der Waals surface area contributed by atoms with Crippen LogP contribution in [-0.4, -0.2) is 5.16 Å². The van der Waals surface area contributed by atoms with E-state index in [2.05, 4.69) is 21.1 Å². The highest BCUT2D eigenvalue weighted by Crippen LogP contribution is 2.30. The summed E-state index contributed by atoms with van der Waals surface area (Å²) in [5.41, 5.74) is 2.12. The summed E-state index contributed by atoms with van der Waals surface area (Å²) in [4.78, 5) is 0. The van der Waals surface area contributed by atoms with E-state index in [1.54, 1.807) is 0 Å². The molecule has 1 aliphatic rings. The lowest BCUT2D eigenvalue weighted by Crippen LogP contribution is -2.04. The summed E-state index contributed by atoms with van der Waals surface area (Å²) in [6.45, 7) is 0.403. The van der Waals surface area contributed by atoms with Gasteiger partial charge in [-0.05, 0) is 37.5 Å². The van der Waals surface area contributed by atoms with Crippen LogP contribution in [0, 0.1) is 0 Å². The highest BCUT2D eigenvalue weighted by atomic mass is 79.9. The molecule has 1 aromatic heterocycles. The van der Waals surface area contributed by atoms with Crippen LogP contribution in [0.2, 0.25) is 5.02 Å². The number of rotatable bonds is 3. The van der Waals surface area contributed by atoms with Crippen molar-refractivity contribution in [2.75, 3.05) is 0 Å². The number of fused-ring (bicyclic) bond motifs is 1. The van der Waals surface area contributed by atoms with Crippen LogP contribution in [0.1, 0.15) is 29.9 Å². The van der Waals surface area contributed by atoms with Gasteiger partial charge in [-0.2, -0.15) is 0 Å². The summed E-state index contributed by atoms with van der Waals surface area (Å²) in [7, 11) is 0. The van der Waals surface area contributed by atoms with Crippen molar-refractivity contribution in [3.05, 3.63) is 44.7 Å². The number of hydrogen-bond acceptors (Lipinski definition) is 3. The van der Waals surface area contributed by atoms with Crippen molar-refractivity contribution in [1.82, 2.24) is 5.16 Å². The van der Waals surface area contributed by atoms with E-state index in [9.17, 15) is 0 Å². The Kier molecular flexibility index (Phi) is 3.80. The number of aryl methyl sites for hydroxylation is 1. The van der Waals surface area contributed by atoms with Crippen molar-refractivity contribution in [2.45, 2.75) is 32.3 Å². The van der Waals surface area contributed by atoms with Crippen molar-refractivity contribution in [1.29, 1.82) is 0 Å². The molecule has 5 heteroatoms. The summed E-state index contributed by atoms with van der Waals surface area (Å²) >= 11 is 9.48. The molecule has 0 bridgehead atoms. The molecule has 1 aromatic carbocycles. The number of hydrogen-bond donors (Lipinski definition) is 0. The van der Waals surface area contributed by atoms with Crippen LogP contribution in [0.5, 0.6) is 5.75 Å². The summed E-state index contributed by atoms with van der Waals surface area (Å²) in [6.07, 6.45) is 4.40. The molecule has 0 atom stereocenters. The van der Waals surface area contributed by atoms with E-state index in [1.807, 2.05) is 18.2 Å². The third-order valence-electron chi connectivity index (χ3n) is 3.29. The lowest BCUT2D eigenvalue weighted by molar-refractivity contribution is 0.287. The maximum absolute atomic E-state index is 6.11. The van der Waals surface area contributed by atoms with Crippen molar-refractivity contribution >= 4 is 27.5 Å². The fraction of sp³-hybridized carbons (Fsp3) is 0.357. The smallest absolute Gasteiger partial charge is 0.140 e. The molecule has 19 heavy (non-hydrogen) atoms. The molecule has 0 aliphatic heterocycles. The van der Waals surface area contributed by atoms with Crippen molar-refractivity contribution in [3.8, 4) is 5.75 Å². The van der Waals surface area contributed by atoms with Gasteiger partial charge in [0.25, 0.3) is 0 Å². The summed E-state index contributed by atoms with van der Waals surface area (Å²) < 4.78 is 12.0. The third-order valence-corrected chi connectivity index (χ3v) is 4.08. The maximum atomic E-state index is 6.11. The highest BCUT2D eigenvalue weighted by molar-refractivity contribution is 9.10. The van der Waals surface area contributed by atoms with Crippen LogP contribution in [0.4, 0.5) is 0 Å². The third kappa shape index (κ3) is 2.79. The Labute approximate surface area is 125 Å². The Bertz CT molecular complexity index is 597. The Morgan fingerprint density at radius 2 is 2.16 bits per heavy atom. The predicted molar refractivity (Wildman–Crippen MR) is 76.6 cm³/mol. The Balaban J connectivity index is 1.74. The largest absolute Gasteiger partial charge is 0.486 e. The second-order valence-electron chi connectivity index (χ2n) is 4.60. The second-order valence-corrected chi connectivity index (χ2v) is 5.92. The van der Waals surface area contributed by atoms with Gasteiger partial charge in [0.1, 0.15) is 23.8 Å². The van der Waals surface area contributed by atoms with E-state index in [4.69, 9.17) is 20.9 Å². The fourth-order valence-corrected chi connectivity index (χ4v) is 3.03. The summed E-state index contributed by atoms with van der Waals surface area (Å²) in [5.74, 6) is 1.68. The van der Waals surface area contributed by atoms with E-state index in [0.29, 0.717) is 17.4 Å². The minimum absolute atomic E-state index is 0.403. The molecular weight excluding hydrogens is 330 g/mol. The topological polar surface area (TPSA) is 35.3 Å².